The van der Waals surface area contributed by atoms with E-state index in [1.54, 1.807) is 7.11 Å². The molecule has 1 aliphatic carbocycles. The summed E-state index contributed by atoms with van der Waals surface area (Å²) in [6.07, 6.45) is 4.04. The monoisotopic (exact) mass is 261 g/mol. The number of hydrogen-bond acceptors (Lipinski definition) is 2. The van der Waals surface area contributed by atoms with Gasteiger partial charge in [-0.3, -0.25) is 0 Å². The fourth-order valence-electron chi connectivity index (χ4n) is 3.16. The van der Waals surface area contributed by atoms with Gasteiger partial charge in [0.25, 0.3) is 0 Å². The fraction of sp³-hybridized carbons (Fsp3) is 0.647. The minimum absolute atomic E-state index is 0.647. The predicted octanol–water partition coefficient (Wildman–Crippen LogP) is 3.92. The molecular formula is C17H27NO. The zero-order valence-corrected chi connectivity index (χ0v) is 12.7. The number of ether oxygens (including phenoxy) is 1. The third-order valence-electron chi connectivity index (χ3n) is 4.70. The lowest BCUT2D eigenvalue weighted by Crippen LogP contribution is -2.40. The lowest BCUT2D eigenvalue weighted by molar-refractivity contribution is 0.205. The van der Waals surface area contributed by atoms with Gasteiger partial charge in [0.2, 0.25) is 0 Å². The highest BCUT2D eigenvalue weighted by molar-refractivity contribution is 5.36. The summed E-state index contributed by atoms with van der Waals surface area (Å²) < 4.78 is 5.45. The summed E-state index contributed by atoms with van der Waals surface area (Å²) in [5.74, 6) is 2.60. The molecule has 106 valence electrons. The summed E-state index contributed by atoms with van der Waals surface area (Å²) >= 11 is 0. The number of aryl methyl sites for hydroxylation is 1. The van der Waals surface area contributed by atoms with Crippen LogP contribution >= 0.6 is 0 Å². The van der Waals surface area contributed by atoms with Crippen molar-refractivity contribution in [1.29, 1.82) is 0 Å². The van der Waals surface area contributed by atoms with E-state index in [1.807, 2.05) is 0 Å². The molecule has 1 aliphatic rings. The topological polar surface area (TPSA) is 21.3 Å². The Hall–Kier alpha value is -1.02. The number of benzene rings is 1. The van der Waals surface area contributed by atoms with Crippen molar-refractivity contribution in [3.8, 4) is 5.75 Å². The largest absolute Gasteiger partial charge is 0.496 e. The number of hydrogen-bond donors (Lipinski definition) is 1. The molecule has 3 atom stereocenters. The van der Waals surface area contributed by atoms with E-state index in [4.69, 9.17) is 4.74 Å². The summed E-state index contributed by atoms with van der Waals surface area (Å²) in [4.78, 5) is 0. The van der Waals surface area contributed by atoms with E-state index in [0.717, 1.165) is 24.1 Å². The SMILES string of the molecule is COc1ccc(C)cc1CNC1CCCC(C)C1C. The second kappa shape index (κ2) is 6.42. The van der Waals surface area contributed by atoms with Crippen molar-refractivity contribution in [3.05, 3.63) is 29.3 Å². The molecule has 0 saturated heterocycles. The molecule has 1 N–H and O–H groups in total. The van der Waals surface area contributed by atoms with Gasteiger partial charge in [0.1, 0.15) is 5.75 Å². The van der Waals surface area contributed by atoms with Crippen molar-refractivity contribution in [2.75, 3.05) is 7.11 Å². The van der Waals surface area contributed by atoms with Crippen LogP contribution in [0.15, 0.2) is 18.2 Å². The van der Waals surface area contributed by atoms with E-state index in [2.05, 4.69) is 44.3 Å². The molecule has 3 unspecified atom stereocenters. The van der Waals surface area contributed by atoms with Crippen LogP contribution in [0.4, 0.5) is 0 Å². The number of rotatable bonds is 4. The summed E-state index contributed by atoms with van der Waals surface area (Å²) in [5.41, 5.74) is 2.57. The van der Waals surface area contributed by atoms with Gasteiger partial charge in [-0.15, -0.1) is 0 Å². The quantitative estimate of drug-likeness (QED) is 0.887. The van der Waals surface area contributed by atoms with Gasteiger partial charge in [-0.2, -0.15) is 0 Å². The zero-order chi connectivity index (χ0) is 13.8. The standard InChI is InChI=1S/C17H27NO/c1-12-8-9-17(19-4)15(10-12)11-18-16-7-5-6-13(2)14(16)3/h8-10,13-14,16,18H,5-7,11H2,1-4H3. The molecule has 0 amide bonds. The van der Waals surface area contributed by atoms with Gasteiger partial charge in [0.15, 0.2) is 0 Å². The van der Waals surface area contributed by atoms with Crippen LogP contribution in [-0.2, 0) is 6.54 Å². The van der Waals surface area contributed by atoms with Crippen molar-refractivity contribution >= 4 is 0 Å². The lowest BCUT2D eigenvalue weighted by atomic mass is 9.78. The van der Waals surface area contributed by atoms with E-state index < -0.39 is 0 Å². The normalized spacial score (nSPS) is 27.3. The van der Waals surface area contributed by atoms with Crippen molar-refractivity contribution < 1.29 is 4.74 Å². The molecule has 0 bridgehead atoms. The zero-order valence-electron chi connectivity index (χ0n) is 12.7. The Bertz CT molecular complexity index is 416. The number of methoxy groups -OCH3 is 1. The van der Waals surface area contributed by atoms with Crippen LogP contribution in [0.5, 0.6) is 5.75 Å². The van der Waals surface area contributed by atoms with E-state index in [9.17, 15) is 0 Å². The van der Waals surface area contributed by atoms with Gasteiger partial charge in [-0.1, -0.05) is 44.4 Å². The molecule has 2 nitrogen and oxygen atoms in total. The Morgan fingerprint density at radius 3 is 2.79 bits per heavy atom. The van der Waals surface area contributed by atoms with E-state index in [1.165, 1.54) is 30.4 Å². The average Bonchev–Trinajstić information content (AvgIpc) is 2.40. The highest BCUT2D eigenvalue weighted by atomic mass is 16.5. The van der Waals surface area contributed by atoms with E-state index in [-0.39, 0.29) is 0 Å². The van der Waals surface area contributed by atoms with Gasteiger partial charge in [0, 0.05) is 18.2 Å². The Labute approximate surface area is 117 Å². The molecule has 1 aromatic rings. The lowest BCUT2D eigenvalue weighted by Gasteiger charge is -2.35. The van der Waals surface area contributed by atoms with Gasteiger partial charge < -0.3 is 10.1 Å². The molecule has 1 saturated carbocycles. The maximum absolute atomic E-state index is 5.45. The van der Waals surface area contributed by atoms with E-state index >= 15 is 0 Å². The minimum atomic E-state index is 0.647. The Morgan fingerprint density at radius 2 is 2.05 bits per heavy atom. The molecule has 0 heterocycles. The fourth-order valence-corrected chi connectivity index (χ4v) is 3.16. The molecule has 0 aromatic heterocycles. The van der Waals surface area contributed by atoms with Crippen LogP contribution in [0, 0.1) is 18.8 Å². The van der Waals surface area contributed by atoms with Gasteiger partial charge in [-0.25, -0.2) is 0 Å². The first-order valence-corrected chi connectivity index (χ1v) is 7.48. The van der Waals surface area contributed by atoms with E-state index in [0.29, 0.717) is 6.04 Å². The molecule has 0 spiro atoms. The summed E-state index contributed by atoms with van der Waals surface area (Å²) in [6, 6.07) is 7.05. The second-order valence-corrected chi connectivity index (χ2v) is 6.07. The molecular weight excluding hydrogens is 234 g/mol. The van der Waals surface area contributed by atoms with Crippen molar-refractivity contribution in [1.82, 2.24) is 5.32 Å². The second-order valence-electron chi connectivity index (χ2n) is 6.07. The third kappa shape index (κ3) is 3.50. The van der Waals surface area contributed by atoms with Crippen LogP contribution in [0.1, 0.15) is 44.2 Å². The van der Waals surface area contributed by atoms with Gasteiger partial charge >= 0.3 is 0 Å². The maximum atomic E-state index is 5.45. The van der Waals surface area contributed by atoms with Crippen LogP contribution in [-0.4, -0.2) is 13.2 Å². The molecule has 2 rings (SSSR count). The first kappa shape index (κ1) is 14.4. The Balaban J connectivity index is 2.00. The van der Waals surface area contributed by atoms with Crippen molar-refractivity contribution in [3.63, 3.8) is 0 Å². The molecule has 1 aromatic carbocycles. The molecule has 1 fully saturated rings. The Morgan fingerprint density at radius 1 is 1.26 bits per heavy atom. The van der Waals surface area contributed by atoms with Crippen LogP contribution in [0.2, 0.25) is 0 Å². The summed E-state index contributed by atoms with van der Waals surface area (Å²) in [7, 11) is 1.75. The van der Waals surface area contributed by atoms with Crippen molar-refractivity contribution in [2.45, 2.75) is 52.6 Å². The van der Waals surface area contributed by atoms with Crippen LogP contribution in [0.25, 0.3) is 0 Å². The predicted molar refractivity (Wildman–Crippen MR) is 80.5 cm³/mol. The minimum Gasteiger partial charge on any atom is -0.496 e. The number of nitrogens with one attached hydrogen (secondary N) is 1. The Kier molecular flexibility index (Phi) is 4.87. The smallest absolute Gasteiger partial charge is 0.123 e. The van der Waals surface area contributed by atoms with Gasteiger partial charge in [-0.05, 0) is 31.2 Å². The molecule has 19 heavy (non-hydrogen) atoms. The molecule has 0 aliphatic heterocycles. The van der Waals surface area contributed by atoms with Crippen molar-refractivity contribution in [2.24, 2.45) is 11.8 Å². The first-order chi connectivity index (χ1) is 9.11. The molecule has 0 radical (unpaired) electrons. The highest BCUT2D eigenvalue weighted by Crippen LogP contribution is 2.30. The first-order valence-electron chi connectivity index (χ1n) is 7.48. The summed E-state index contributed by atoms with van der Waals surface area (Å²) in [6.45, 7) is 7.81. The van der Waals surface area contributed by atoms with Crippen LogP contribution in [0.3, 0.4) is 0 Å². The summed E-state index contributed by atoms with van der Waals surface area (Å²) in [5, 5.41) is 3.74. The maximum Gasteiger partial charge on any atom is 0.123 e. The van der Waals surface area contributed by atoms with Crippen LogP contribution < -0.4 is 10.1 Å². The average molecular weight is 261 g/mol. The highest BCUT2D eigenvalue weighted by Gasteiger charge is 2.26. The third-order valence-corrected chi connectivity index (χ3v) is 4.70. The molecule has 2 heteroatoms. The van der Waals surface area contributed by atoms with Gasteiger partial charge in [0.05, 0.1) is 7.11 Å².